The van der Waals surface area contributed by atoms with E-state index in [1.54, 1.807) is 0 Å². The van der Waals surface area contributed by atoms with Crippen molar-refractivity contribution in [1.82, 2.24) is 5.32 Å². The largest absolute Gasteiger partial charge is 0.488 e. The fourth-order valence-electron chi connectivity index (χ4n) is 1.82. The molecule has 0 aromatic heterocycles. The van der Waals surface area contributed by atoms with Gasteiger partial charge in [0.05, 0.1) is 13.2 Å². The summed E-state index contributed by atoms with van der Waals surface area (Å²) in [5, 5.41) is 3.22. The third-order valence-electron chi connectivity index (χ3n) is 2.98. The van der Waals surface area contributed by atoms with E-state index in [1.807, 2.05) is 19.2 Å². The lowest BCUT2D eigenvalue weighted by molar-refractivity contribution is 0.141. The molecule has 1 aliphatic rings. The van der Waals surface area contributed by atoms with Gasteiger partial charge in [0.25, 0.3) is 0 Å². The molecule has 1 heterocycles. The van der Waals surface area contributed by atoms with Crippen LogP contribution < -0.4 is 10.1 Å². The van der Waals surface area contributed by atoms with Gasteiger partial charge in [0.2, 0.25) is 0 Å². The van der Waals surface area contributed by atoms with Crippen molar-refractivity contribution in [2.45, 2.75) is 25.5 Å². The summed E-state index contributed by atoms with van der Waals surface area (Å²) in [7, 11) is 1.96. The summed E-state index contributed by atoms with van der Waals surface area (Å²) in [5.74, 6) is 0.940. The normalized spacial score (nSPS) is 22.0. The van der Waals surface area contributed by atoms with Gasteiger partial charge in [0.15, 0.2) is 0 Å². The van der Waals surface area contributed by atoms with Gasteiger partial charge >= 0.3 is 0 Å². The first kappa shape index (κ1) is 11.4. The number of benzene rings is 1. The number of hydrogen-bond donors (Lipinski definition) is 1. The van der Waals surface area contributed by atoms with Crippen molar-refractivity contribution < 1.29 is 9.47 Å². The molecular formula is C13H19NO2. The summed E-state index contributed by atoms with van der Waals surface area (Å²) in [6, 6.07) is 8.60. The van der Waals surface area contributed by atoms with Crippen LogP contribution in [0.3, 0.4) is 0 Å². The Morgan fingerprint density at radius 1 is 1.50 bits per heavy atom. The molecule has 2 atom stereocenters. The molecule has 88 valence electrons. The van der Waals surface area contributed by atoms with Crippen molar-refractivity contribution in [1.29, 1.82) is 0 Å². The second-order valence-electron chi connectivity index (χ2n) is 4.19. The zero-order valence-electron chi connectivity index (χ0n) is 9.90. The van der Waals surface area contributed by atoms with Gasteiger partial charge in [-0.25, -0.2) is 0 Å². The van der Waals surface area contributed by atoms with Gasteiger partial charge in [-0.15, -0.1) is 0 Å². The SMILES string of the molecule is CNC(C)c1cccc(OC2CCOC2)c1. The van der Waals surface area contributed by atoms with Crippen LogP contribution in [0, 0.1) is 0 Å². The third-order valence-corrected chi connectivity index (χ3v) is 2.98. The maximum Gasteiger partial charge on any atom is 0.124 e. The molecule has 0 spiro atoms. The highest BCUT2D eigenvalue weighted by atomic mass is 16.5. The molecule has 2 rings (SSSR count). The Labute approximate surface area is 96.8 Å². The molecule has 1 aromatic carbocycles. The number of ether oxygens (including phenoxy) is 2. The molecule has 0 amide bonds. The van der Waals surface area contributed by atoms with Crippen molar-refractivity contribution in [2.75, 3.05) is 20.3 Å². The lowest BCUT2D eigenvalue weighted by atomic mass is 10.1. The number of nitrogens with one attached hydrogen (secondary N) is 1. The van der Waals surface area contributed by atoms with E-state index in [9.17, 15) is 0 Å². The average Bonchev–Trinajstić information content (AvgIpc) is 2.81. The van der Waals surface area contributed by atoms with Crippen LogP contribution in [0.15, 0.2) is 24.3 Å². The van der Waals surface area contributed by atoms with Gasteiger partial charge < -0.3 is 14.8 Å². The smallest absolute Gasteiger partial charge is 0.124 e. The van der Waals surface area contributed by atoms with Crippen molar-refractivity contribution in [3.05, 3.63) is 29.8 Å². The molecule has 3 nitrogen and oxygen atoms in total. The third kappa shape index (κ3) is 2.74. The Kier molecular flexibility index (Phi) is 3.80. The predicted molar refractivity (Wildman–Crippen MR) is 63.8 cm³/mol. The van der Waals surface area contributed by atoms with Gasteiger partial charge in [0, 0.05) is 12.5 Å². The molecule has 0 bridgehead atoms. The molecule has 1 aromatic rings. The molecule has 0 saturated carbocycles. The molecule has 0 radical (unpaired) electrons. The second kappa shape index (κ2) is 5.32. The van der Waals surface area contributed by atoms with Crippen molar-refractivity contribution in [3.63, 3.8) is 0 Å². The van der Waals surface area contributed by atoms with E-state index in [-0.39, 0.29) is 6.10 Å². The Balaban J connectivity index is 2.03. The lowest BCUT2D eigenvalue weighted by Crippen LogP contribution is -2.16. The van der Waals surface area contributed by atoms with Gasteiger partial charge in [0.1, 0.15) is 11.9 Å². The number of hydrogen-bond acceptors (Lipinski definition) is 3. The Morgan fingerprint density at radius 2 is 2.38 bits per heavy atom. The van der Waals surface area contributed by atoms with E-state index >= 15 is 0 Å². The lowest BCUT2D eigenvalue weighted by Gasteiger charge is -2.15. The molecule has 1 saturated heterocycles. The quantitative estimate of drug-likeness (QED) is 0.845. The van der Waals surface area contributed by atoms with Crippen molar-refractivity contribution in [3.8, 4) is 5.75 Å². The average molecular weight is 221 g/mol. The predicted octanol–water partition coefficient (Wildman–Crippen LogP) is 2.13. The van der Waals surface area contributed by atoms with Crippen molar-refractivity contribution >= 4 is 0 Å². The maximum atomic E-state index is 5.86. The first-order valence-corrected chi connectivity index (χ1v) is 5.81. The molecule has 0 aliphatic carbocycles. The molecule has 16 heavy (non-hydrogen) atoms. The van der Waals surface area contributed by atoms with Gasteiger partial charge in [-0.05, 0) is 31.7 Å². The summed E-state index contributed by atoms with van der Waals surface area (Å²) in [5.41, 5.74) is 1.25. The van der Waals surface area contributed by atoms with Crippen molar-refractivity contribution in [2.24, 2.45) is 0 Å². The molecule has 2 unspecified atom stereocenters. The van der Waals surface area contributed by atoms with Crippen LogP contribution in [0.5, 0.6) is 5.75 Å². The summed E-state index contributed by atoms with van der Waals surface area (Å²) in [4.78, 5) is 0. The van der Waals surface area contributed by atoms with E-state index in [2.05, 4.69) is 24.4 Å². The highest BCUT2D eigenvalue weighted by Gasteiger charge is 2.17. The Morgan fingerprint density at radius 3 is 3.06 bits per heavy atom. The fourth-order valence-corrected chi connectivity index (χ4v) is 1.82. The molecule has 1 N–H and O–H groups in total. The van der Waals surface area contributed by atoms with E-state index in [0.717, 1.165) is 18.8 Å². The minimum absolute atomic E-state index is 0.222. The second-order valence-corrected chi connectivity index (χ2v) is 4.19. The molecule has 3 heteroatoms. The topological polar surface area (TPSA) is 30.5 Å². The Hall–Kier alpha value is -1.06. The van der Waals surface area contributed by atoms with Crippen LogP contribution in [0.25, 0.3) is 0 Å². The van der Waals surface area contributed by atoms with Gasteiger partial charge in [-0.1, -0.05) is 12.1 Å². The monoisotopic (exact) mass is 221 g/mol. The zero-order chi connectivity index (χ0) is 11.4. The first-order valence-electron chi connectivity index (χ1n) is 5.81. The van der Waals surface area contributed by atoms with Crippen LogP contribution in [0.2, 0.25) is 0 Å². The van der Waals surface area contributed by atoms with E-state index in [1.165, 1.54) is 5.56 Å². The summed E-state index contributed by atoms with van der Waals surface area (Å²) in [6.07, 6.45) is 1.21. The minimum atomic E-state index is 0.222. The zero-order valence-corrected chi connectivity index (χ0v) is 9.90. The Bertz CT molecular complexity index is 334. The summed E-state index contributed by atoms with van der Waals surface area (Å²) < 4.78 is 11.1. The minimum Gasteiger partial charge on any atom is -0.488 e. The standard InChI is InChI=1S/C13H19NO2/c1-10(14-2)11-4-3-5-12(8-11)16-13-6-7-15-9-13/h3-5,8,10,13-14H,6-7,9H2,1-2H3. The highest BCUT2D eigenvalue weighted by molar-refractivity contribution is 5.30. The van der Waals surface area contributed by atoms with Crippen LogP contribution in [0.1, 0.15) is 24.9 Å². The first-order chi connectivity index (χ1) is 7.79. The van der Waals surface area contributed by atoms with Crippen LogP contribution in [0.4, 0.5) is 0 Å². The number of rotatable bonds is 4. The maximum absolute atomic E-state index is 5.86. The van der Waals surface area contributed by atoms with Gasteiger partial charge in [-0.2, -0.15) is 0 Å². The molecule has 1 aliphatic heterocycles. The van der Waals surface area contributed by atoms with E-state index in [0.29, 0.717) is 12.6 Å². The summed E-state index contributed by atoms with van der Waals surface area (Å²) in [6.45, 7) is 3.67. The van der Waals surface area contributed by atoms with Gasteiger partial charge in [-0.3, -0.25) is 0 Å². The summed E-state index contributed by atoms with van der Waals surface area (Å²) >= 11 is 0. The van der Waals surface area contributed by atoms with E-state index in [4.69, 9.17) is 9.47 Å². The fraction of sp³-hybridized carbons (Fsp3) is 0.538. The molecular weight excluding hydrogens is 202 g/mol. The van der Waals surface area contributed by atoms with Crippen LogP contribution in [-0.4, -0.2) is 26.4 Å². The van der Waals surface area contributed by atoms with Crippen LogP contribution in [-0.2, 0) is 4.74 Å². The highest BCUT2D eigenvalue weighted by Crippen LogP contribution is 2.21. The molecule has 1 fully saturated rings. The van der Waals surface area contributed by atoms with E-state index < -0.39 is 0 Å². The van der Waals surface area contributed by atoms with Crippen LogP contribution >= 0.6 is 0 Å².